The highest BCUT2D eigenvalue weighted by Crippen LogP contribution is 2.31. The van der Waals surface area contributed by atoms with E-state index in [0.29, 0.717) is 11.1 Å². The summed E-state index contributed by atoms with van der Waals surface area (Å²) in [4.78, 5) is 4.46. The molecule has 0 aliphatic heterocycles. The van der Waals surface area contributed by atoms with E-state index in [9.17, 15) is 5.26 Å². The minimum atomic E-state index is -0.00809. The Bertz CT molecular complexity index is 1020. The lowest BCUT2D eigenvalue weighted by Gasteiger charge is -2.19. The molecular formula is C21H18N4. The average molecular weight is 326 g/mol. The normalized spacial score (nSPS) is 11.6. The standard InChI is InChI=1S/C21H18N4/c1-13-8-14(2)20-19(9-13)21(18(11-23)12-24-20)25-15(3)17-6-4-16(10-22)5-7-17/h4-9,12,15H,1-3H3,(H,24,25). The first-order chi connectivity index (χ1) is 12.0. The maximum atomic E-state index is 9.50. The molecule has 1 heterocycles. The molecule has 0 aliphatic rings. The highest BCUT2D eigenvalue weighted by atomic mass is 14.9. The summed E-state index contributed by atoms with van der Waals surface area (Å²) in [6.07, 6.45) is 1.62. The number of fused-ring (bicyclic) bond motifs is 1. The maximum absolute atomic E-state index is 9.50. The van der Waals surface area contributed by atoms with Crippen molar-refractivity contribution in [3.63, 3.8) is 0 Å². The SMILES string of the molecule is Cc1cc(C)c2ncc(C#N)c(NC(C)c3ccc(C#N)cc3)c2c1. The summed E-state index contributed by atoms with van der Waals surface area (Å²) in [7, 11) is 0. The van der Waals surface area contributed by atoms with Gasteiger partial charge in [0.25, 0.3) is 0 Å². The van der Waals surface area contributed by atoms with E-state index in [0.717, 1.165) is 33.3 Å². The molecule has 0 fully saturated rings. The number of aromatic nitrogens is 1. The number of hydrogen-bond donors (Lipinski definition) is 1. The van der Waals surface area contributed by atoms with Crippen LogP contribution in [0, 0.1) is 36.5 Å². The molecular weight excluding hydrogens is 308 g/mol. The molecule has 3 rings (SSSR count). The lowest BCUT2D eigenvalue weighted by Crippen LogP contribution is -2.09. The first-order valence-electron chi connectivity index (χ1n) is 8.10. The lowest BCUT2D eigenvalue weighted by molar-refractivity contribution is 0.885. The molecule has 122 valence electrons. The molecule has 1 unspecified atom stereocenters. The number of rotatable bonds is 3. The fourth-order valence-corrected chi connectivity index (χ4v) is 3.05. The van der Waals surface area contributed by atoms with Crippen LogP contribution in [0.5, 0.6) is 0 Å². The lowest BCUT2D eigenvalue weighted by atomic mass is 10.0. The molecule has 0 saturated heterocycles. The molecule has 1 atom stereocenters. The number of aryl methyl sites for hydroxylation is 2. The average Bonchev–Trinajstić information content (AvgIpc) is 2.62. The number of nitrogens with zero attached hydrogens (tertiary/aromatic N) is 3. The third-order valence-corrected chi connectivity index (χ3v) is 4.33. The third-order valence-electron chi connectivity index (χ3n) is 4.33. The van der Waals surface area contributed by atoms with E-state index in [1.165, 1.54) is 0 Å². The molecule has 25 heavy (non-hydrogen) atoms. The van der Waals surface area contributed by atoms with Gasteiger partial charge in [-0.2, -0.15) is 10.5 Å². The van der Waals surface area contributed by atoms with Crippen LogP contribution in [0.2, 0.25) is 0 Å². The smallest absolute Gasteiger partial charge is 0.103 e. The molecule has 0 aliphatic carbocycles. The number of anilines is 1. The van der Waals surface area contributed by atoms with Crippen LogP contribution in [-0.2, 0) is 0 Å². The van der Waals surface area contributed by atoms with Crippen molar-refractivity contribution >= 4 is 16.6 Å². The van der Waals surface area contributed by atoms with Gasteiger partial charge in [0.05, 0.1) is 28.4 Å². The molecule has 0 saturated carbocycles. The molecule has 0 bridgehead atoms. The second kappa shape index (κ2) is 6.63. The summed E-state index contributed by atoms with van der Waals surface area (Å²) in [6, 6.07) is 16.0. The van der Waals surface area contributed by atoms with Gasteiger partial charge < -0.3 is 5.32 Å². The second-order valence-electron chi connectivity index (χ2n) is 6.24. The van der Waals surface area contributed by atoms with E-state index in [1.54, 1.807) is 18.3 Å². The molecule has 1 aromatic heterocycles. The summed E-state index contributed by atoms with van der Waals surface area (Å²) < 4.78 is 0. The maximum Gasteiger partial charge on any atom is 0.103 e. The highest BCUT2D eigenvalue weighted by Gasteiger charge is 2.14. The van der Waals surface area contributed by atoms with Crippen molar-refractivity contribution in [2.24, 2.45) is 0 Å². The summed E-state index contributed by atoms with van der Waals surface area (Å²) in [5.41, 5.74) is 6.14. The summed E-state index contributed by atoms with van der Waals surface area (Å²) >= 11 is 0. The van der Waals surface area contributed by atoms with E-state index in [2.05, 4.69) is 34.6 Å². The number of benzene rings is 2. The van der Waals surface area contributed by atoms with Crippen molar-refractivity contribution in [1.29, 1.82) is 10.5 Å². The van der Waals surface area contributed by atoms with Gasteiger partial charge in [0.2, 0.25) is 0 Å². The van der Waals surface area contributed by atoms with Crippen LogP contribution in [-0.4, -0.2) is 4.98 Å². The summed E-state index contributed by atoms with van der Waals surface area (Å²) in [6.45, 7) is 6.11. The number of pyridine rings is 1. The topological polar surface area (TPSA) is 72.5 Å². The largest absolute Gasteiger partial charge is 0.377 e. The first kappa shape index (κ1) is 16.5. The van der Waals surface area contributed by atoms with E-state index >= 15 is 0 Å². The van der Waals surface area contributed by atoms with Gasteiger partial charge in [0.1, 0.15) is 6.07 Å². The molecule has 4 heteroatoms. The first-order valence-corrected chi connectivity index (χ1v) is 8.10. The third kappa shape index (κ3) is 3.16. The van der Waals surface area contributed by atoms with Gasteiger partial charge in [-0.15, -0.1) is 0 Å². The van der Waals surface area contributed by atoms with Crippen molar-refractivity contribution in [1.82, 2.24) is 4.98 Å². The molecule has 0 radical (unpaired) electrons. The Morgan fingerprint density at radius 3 is 2.40 bits per heavy atom. The molecule has 4 nitrogen and oxygen atoms in total. The summed E-state index contributed by atoms with van der Waals surface area (Å²) in [5.74, 6) is 0. The Morgan fingerprint density at radius 2 is 1.76 bits per heavy atom. The van der Waals surface area contributed by atoms with Gasteiger partial charge in [-0.05, 0) is 50.1 Å². The van der Waals surface area contributed by atoms with Crippen molar-refractivity contribution in [2.45, 2.75) is 26.8 Å². The van der Waals surface area contributed by atoms with Crippen molar-refractivity contribution in [3.8, 4) is 12.1 Å². The molecule has 1 N–H and O–H groups in total. The fraction of sp³-hybridized carbons (Fsp3) is 0.190. The Hall–Kier alpha value is -3.37. The van der Waals surface area contributed by atoms with Gasteiger partial charge in [-0.1, -0.05) is 23.8 Å². The number of nitrogens with one attached hydrogen (secondary N) is 1. The van der Waals surface area contributed by atoms with Crippen LogP contribution in [0.3, 0.4) is 0 Å². The zero-order valence-corrected chi connectivity index (χ0v) is 14.5. The Morgan fingerprint density at radius 1 is 1.04 bits per heavy atom. The van der Waals surface area contributed by atoms with Crippen LogP contribution in [0.25, 0.3) is 10.9 Å². The molecule has 0 amide bonds. The van der Waals surface area contributed by atoms with E-state index in [-0.39, 0.29) is 6.04 Å². The van der Waals surface area contributed by atoms with Crippen molar-refractivity contribution < 1.29 is 0 Å². The molecule has 0 spiro atoms. The Labute approximate surface area is 147 Å². The number of nitriles is 2. The van der Waals surface area contributed by atoms with Crippen LogP contribution in [0.15, 0.2) is 42.6 Å². The zero-order valence-electron chi connectivity index (χ0n) is 14.5. The van der Waals surface area contributed by atoms with Gasteiger partial charge in [0, 0.05) is 17.6 Å². The minimum absolute atomic E-state index is 0.00809. The van der Waals surface area contributed by atoms with E-state index in [4.69, 9.17) is 5.26 Å². The predicted octanol–water partition coefficient (Wildman–Crippen LogP) is 4.77. The van der Waals surface area contributed by atoms with Crippen LogP contribution in [0.1, 0.15) is 40.8 Å². The van der Waals surface area contributed by atoms with Crippen molar-refractivity contribution in [2.75, 3.05) is 5.32 Å². The minimum Gasteiger partial charge on any atom is -0.377 e. The van der Waals surface area contributed by atoms with Crippen LogP contribution < -0.4 is 5.32 Å². The van der Waals surface area contributed by atoms with Crippen LogP contribution >= 0.6 is 0 Å². The predicted molar refractivity (Wildman–Crippen MR) is 99.1 cm³/mol. The van der Waals surface area contributed by atoms with Gasteiger partial charge in [0.15, 0.2) is 0 Å². The van der Waals surface area contributed by atoms with Crippen molar-refractivity contribution in [3.05, 3.63) is 70.4 Å². The quantitative estimate of drug-likeness (QED) is 0.752. The molecule has 3 aromatic rings. The Balaban J connectivity index is 2.07. The van der Waals surface area contributed by atoms with Gasteiger partial charge in [-0.25, -0.2) is 0 Å². The highest BCUT2D eigenvalue weighted by molar-refractivity contribution is 5.96. The van der Waals surface area contributed by atoms with Gasteiger partial charge >= 0.3 is 0 Å². The number of hydrogen-bond acceptors (Lipinski definition) is 4. The Kier molecular flexibility index (Phi) is 4.37. The van der Waals surface area contributed by atoms with Crippen LogP contribution in [0.4, 0.5) is 5.69 Å². The zero-order chi connectivity index (χ0) is 18.0. The second-order valence-corrected chi connectivity index (χ2v) is 6.24. The van der Waals surface area contributed by atoms with E-state index in [1.807, 2.05) is 32.9 Å². The summed E-state index contributed by atoms with van der Waals surface area (Å²) in [5, 5.41) is 22.9. The van der Waals surface area contributed by atoms with Gasteiger partial charge in [-0.3, -0.25) is 4.98 Å². The fourth-order valence-electron chi connectivity index (χ4n) is 3.05. The molecule has 2 aromatic carbocycles. The van der Waals surface area contributed by atoms with E-state index < -0.39 is 0 Å². The monoisotopic (exact) mass is 326 g/mol.